The van der Waals surface area contributed by atoms with Crippen molar-refractivity contribution < 1.29 is 14.3 Å². The molecule has 0 bridgehead atoms. The molecular formula is C23H28BN3O5. The lowest BCUT2D eigenvalue weighted by Gasteiger charge is -2.21. The Bertz CT molecular complexity index is 1220. The topological polar surface area (TPSA) is 112 Å². The number of furan rings is 1. The number of amides is 1. The van der Waals surface area contributed by atoms with Crippen LogP contribution in [0.4, 0.5) is 17.1 Å². The maximum absolute atomic E-state index is 12.3. The minimum atomic E-state index is -0.690. The van der Waals surface area contributed by atoms with Crippen molar-refractivity contribution in [2.24, 2.45) is 0 Å². The maximum atomic E-state index is 12.3. The van der Waals surface area contributed by atoms with Gasteiger partial charge in [0.2, 0.25) is 0 Å². The van der Waals surface area contributed by atoms with Crippen LogP contribution in [0.2, 0.25) is 0 Å². The van der Waals surface area contributed by atoms with Crippen LogP contribution >= 0.6 is 0 Å². The van der Waals surface area contributed by atoms with Crippen LogP contribution in [0.3, 0.4) is 0 Å². The molecule has 32 heavy (non-hydrogen) atoms. The second kappa shape index (κ2) is 8.94. The molecule has 0 saturated heterocycles. The molecule has 0 saturated carbocycles. The Balaban J connectivity index is 1.91. The zero-order valence-electron chi connectivity index (χ0n) is 19.2. The van der Waals surface area contributed by atoms with Crippen LogP contribution in [-0.4, -0.2) is 37.9 Å². The Morgan fingerprint density at radius 2 is 1.84 bits per heavy atom. The lowest BCUT2D eigenvalue weighted by atomic mass is 9.93. The smallest absolute Gasteiger partial charge is 0.257 e. The van der Waals surface area contributed by atoms with Gasteiger partial charge in [-0.1, -0.05) is 26.8 Å². The number of aromatic hydroxyl groups is 1. The van der Waals surface area contributed by atoms with Gasteiger partial charge in [-0.05, 0) is 36.1 Å². The number of hydrogen-bond acceptors (Lipinski definition) is 7. The molecule has 0 radical (unpaired) electrons. The van der Waals surface area contributed by atoms with E-state index in [-0.39, 0.29) is 40.3 Å². The molecule has 0 spiro atoms. The first-order chi connectivity index (χ1) is 15.1. The third-order valence-corrected chi connectivity index (χ3v) is 5.51. The molecule has 0 aliphatic heterocycles. The Morgan fingerprint density at radius 3 is 2.41 bits per heavy atom. The summed E-state index contributed by atoms with van der Waals surface area (Å²) in [6, 6.07) is 6.28. The minimum absolute atomic E-state index is 0.0468. The second-order valence-corrected chi connectivity index (χ2v) is 8.35. The van der Waals surface area contributed by atoms with Crippen molar-refractivity contribution in [2.45, 2.75) is 39.2 Å². The normalized spacial score (nSPS) is 12.2. The Kier molecular flexibility index (Phi) is 6.48. The molecule has 168 valence electrons. The van der Waals surface area contributed by atoms with E-state index in [2.05, 4.69) is 24.5 Å². The van der Waals surface area contributed by atoms with Crippen molar-refractivity contribution in [2.75, 3.05) is 24.7 Å². The molecule has 0 fully saturated rings. The van der Waals surface area contributed by atoms with Gasteiger partial charge in [-0.15, -0.1) is 0 Å². The third-order valence-electron chi connectivity index (χ3n) is 5.51. The Labute approximate surface area is 187 Å². The van der Waals surface area contributed by atoms with Gasteiger partial charge in [0.1, 0.15) is 17.1 Å². The quantitative estimate of drug-likeness (QED) is 0.281. The first-order valence-corrected chi connectivity index (χ1v) is 10.6. The Hall–Kier alpha value is -3.49. The van der Waals surface area contributed by atoms with Gasteiger partial charge in [0.25, 0.3) is 16.8 Å². The molecule has 0 aliphatic rings. The molecule has 9 heteroatoms. The molecule has 1 atom stereocenters. The molecule has 1 amide bonds. The maximum Gasteiger partial charge on any atom is 0.257 e. The van der Waals surface area contributed by atoms with E-state index in [1.54, 1.807) is 20.2 Å². The fourth-order valence-corrected chi connectivity index (χ4v) is 3.65. The highest BCUT2D eigenvalue weighted by atomic mass is 16.3. The van der Waals surface area contributed by atoms with Crippen molar-refractivity contribution in [3.8, 4) is 5.75 Å². The molecule has 1 heterocycles. The van der Waals surface area contributed by atoms with Crippen LogP contribution in [-0.2, 0) is 0 Å². The molecule has 1 aromatic heterocycles. The number of benzene rings is 1. The zero-order valence-corrected chi connectivity index (χ0v) is 19.2. The molecule has 8 nitrogen and oxygen atoms in total. The van der Waals surface area contributed by atoms with E-state index >= 15 is 0 Å². The number of hydrogen-bond donors (Lipinski definition) is 3. The summed E-state index contributed by atoms with van der Waals surface area (Å²) in [5, 5.41) is 16.5. The summed E-state index contributed by atoms with van der Waals surface area (Å²) in [7, 11) is 5.06. The second-order valence-electron chi connectivity index (χ2n) is 8.35. The molecule has 3 rings (SSSR count). The summed E-state index contributed by atoms with van der Waals surface area (Å²) in [4.78, 5) is 38.2. The van der Waals surface area contributed by atoms with Crippen molar-refractivity contribution >= 4 is 36.5 Å². The predicted molar refractivity (Wildman–Crippen MR) is 128 cm³/mol. The number of carbonyl (C=O) groups is 1. The summed E-state index contributed by atoms with van der Waals surface area (Å²) in [6.45, 7) is 6.11. The minimum Gasteiger partial charge on any atom is -0.505 e. The van der Waals surface area contributed by atoms with E-state index in [4.69, 9.17) is 4.42 Å². The van der Waals surface area contributed by atoms with Crippen LogP contribution < -0.4 is 27.2 Å². The molecule has 0 aliphatic carbocycles. The van der Waals surface area contributed by atoms with Gasteiger partial charge in [0, 0.05) is 14.1 Å². The summed E-state index contributed by atoms with van der Waals surface area (Å²) >= 11 is 0. The average molecular weight is 437 g/mol. The summed E-state index contributed by atoms with van der Waals surface area (Å²) < 4.78 is 5.91. The Morgan fingerprint density at radius 1 is 1.19 bits per heavy atom. The number of carbonyl (C=O) groups excluding carboxylic acids is 1. The number of rotatable bonds is 8. The van der Waals surface area contributed by atoms with Crippen LogP contribution in [0.1, 0.15) is 60.8 Å². The number of para-hydroxylation sites is 1. The van der Waals surface area contributed by atoms with Gasteiger partial charge in [-0.25, -0.2) is 0 Å². The van der Waals surface area contributed by atoms with Gasteiger partial charge in [0.15, 0.2) is 13.6 Å². The molecule has 0 unspecified atom stereocenters. The lowest BCUT2D eigenvalue weighted by molar-refractivity contribution is 0.0824. The van der Waals surface area contributed by atoms with Gasteiger partial charge < -0.3 is 25.1 Å². The number of anilines is 3. The molecular weight excluding hydrogens is 409 g/mol. The fourth-order valence-electron chi connectivity index (χ4n) is 3.65. The van der Waals surface area contributed by atoms with Crippen molar-refractivity contribution in [1.82, 2.24) is 4.90 Å². The number of nitrogens with zero attached hydrogens (tertiary/aromatic N) is 1. The highest BCUT2D eigenvalue weighted by Gasteiger charge is 2.27. The van der Waals surface area contributed by atoms with E-state index in [0.29, 0.717) is 18.1 Å². The van der Waals surface area contributed by atoms with Crippen LogP contribution in [0, 0.1) is 0 Å². The van der Waals surface area contributed by atoms with Gasteiger partial charge >= 0.3 is 0 Å². The summed E-state index contributed by atoms with van der Waals surface area (Å²) in [5.41, 5.74) is 1.02. The highest BCUT2D eigenvalue weighted by molar-refractivity contribution is 6.31. The van der Waals surface area contributed by atoms with Gasteiger partial charge in [-0.3, -0.25) is 14.4 Å². The standard InChI is InChI=1S/C23H28BN3O5/c1-6-14(16-10-13(11(2)3)22(24)32-16)25-17-18(21(30)20(17)29)26-15-9-7-8-12(19(15)28)23(31)27(4)5/h7-11,14,25-26,28H,6,24H2,1-5H3/t14-/m1/s1. The fraction of sp³-hybridized carbons (Fsp3) is 0.348. The zero-order chi connectivity index (χ0) is 23.7. The van der Waals surface area contributed by atoms with Gasteiger partial charge in [0.05, 0.1) is 23.0 Å². The predicted octanol–water partition coefficient (Wildman–Crippen LogP) is 1.97. The summed E-state index contributed by atoms with van der Waals surface area (Å²) in [5.74, 6) is 0.317. The van der Waals surface area contributed by atoms with Crippen molar-refractivity contribution in [1.29, 1.82) is 0 Å². The van der Waals surface area contributed by atoms with Crippen LogP contribution in [0.25, 0.3) is 0 Å². The van der Waals surface area contributed by atoms with Crippen LogP contribution in [0.15, 0.2) is 38.3 Å². The first-order valence-electron chi connectivity index (χ1n) is 10.6. The monoisotopic (exact) mass is 437 g/mol. The van der Waals surface area contributed by atoms with Crippen molar-refractivity contribution in [3.05, 3.63) is 61.6 Å². The third kappa shape index (κ3) is 4.15. The van der Waals surface area contributed by atoms with Gasteiger partial charge in [-0.2, -0.15) is 0 Å². The van der Waals surface area contributed by atoms with E-state index < -0.39 is 10.9 Å². The van der Waals surface area contributed by atoms with Crippen molar-refractivity contribution in [3.63, 3.8) is 0 Å². The van der Waals surface area contributed by atoms with E-state index in [1.807, 2.05) is 20.8 Å². The lowest BCUT2D eigenvalue weighted by Crippen LogP contribution is -2.37. The molecule has 2 aromatic carbocycles. The number of phenols is 1. The average Bonchev–Trinajstić information content (AvgIpc) is 3.15. The molecule has 3 N–H and O–H groups in total. The largest absolute Gasteiger partial charge is 0.505 e. The van der Waals surface area contributed by atoms with Crippen LogP contribution in [0.5, 0.6) is 5.75 Å². The highest BCUT2D eigenvalue weighted by Crippen LogP contribution is 2.33. The summed E-state index contributed by atoms with van der Waals surface area (Å²) in [6.07, 6.45) is 0.626. The SMILES string of the molecule is Bc1oc([C@@H](CC)Nc2c(Nc3cccc(C(=O)N(C)C)c3O)c(=O)c2=O)cc1C(C)C. The first kappa shape index (κ1) is 23.2. The van der Waals surface area contributed by atoms with E-state index in [1.165, 1.54) is 17.0 Å². The van der Waals surface area contributed by atoms with E-state index in [9.17, 15) is 19.5 Å². The van der Waals surface area contributed by atoms with E-state index in [0.717, 1.165) is 11.2 Å². The number of nitrogens with one attached hydrogen (secondary N) is 2. The number of phenolic OH excluding ortho intramolecular Hbond substituents is 1. The molecule has 3 aromatic rings.